The van der Waals surface area contributed by atoms with E-state index in [0.717, 1.165) is 25.9 Å². The largest absolute Gasteiger partial charge is 0.364 e. The van der Waals surface area contributed by atoms with Crippen molar-refractivity contribution < 1.29 is 9.53 Å². The van der Waals surface area contributed by atoms with Crippen molar-refractivity contribution in [2.75, 3.05) is 20.1 Å². The summed E-state index contributed by atoms with van der Waals surface area (Å²) in [7, 11) is 2.11. The summed E-state index contributed by atoms with van der Waals surface area (Å²) in [6.45, 7) is 4.20. The molecule has 0 saturated carbocycles. The van der Waals surface area contributed by atoms with Gasteiger partial charge in [-0.1, -0.05) is 19.8 Å². The first-order valence-corrected chi connectivity index (χ1v) is 6.51. The van der Waals surface area contributed by atoms with Crippen LogP contribution >= 0.6 is 0 Å². The highest BCUT2D eigenvalue weighted by atomic mass is 16.5. The van der Waals surface area contributed by atoms with E-state index in [1.54, 1.807) is 0 Å². The first-order valence-electron chi connectivity index (χ1n) is 6.51. The summed E-state index contributed by atoms with van der Waals surface area (Å²) >= 11 is 0. The minimum Gasteiger partial charge on any atom is -0.364 e. The minimum atomic E-state index is -0.353. The van der Waals surface area contributed by atoms with Gasteiger partial charge in [0, 0.05) is 6.54 Å². The van der Waals surface area contributed by atoms with Crippen molar-refractivity contribution in [1.29, 1.82) is 0 Å². The Hall–Kier alpha value is -0.650. The molecule has 5 nitrogen and oxygen atoms in total. The van der Waals surface area contributed by atoms with E-state index in [2.05, 4.69) is 24.3 Å². The minimum absolute atomic E-state index is 0.170. The number of carbonyl (C=O) groups excluding carboxylic acids is 1. The van der Waals surface area contributed by atoms with Crippen LogP contribution in [0.3, 0.4) is 0 Å². The van der Waals surface area contributed by atoms with E-state index in [-0.39, 0.29) is 18.1 Å². The number of unbranched alkanes of at least 4 members (excludes halogenated alkanes) is 2. The molecular weight excluding hydrogens is 218 g/mol. The molecule has 1 aliphatic heterocycles. The Bertz CT molecular complexity index is 236. The van der Waals surface area contributed by atoms with Crippen LogP contribution in [0.5, 0.6) is 0 Å². The lowest BCUT2D eigenvalue weighted by atomic mass is 10.2. The molecule has 2 unspecified atom stereocenters. The zero-order valence-electron chi connectivity index (χ0n) is 10.9. The quantitative estimate of drug-likeness (QED) is 0.298. The average molecular weight is 243 g/mol. The molecule has 0 aromatic heterocycles. The summed E-state index contributed by atoms with van der Waals surface area (Å²) in [6, 6.07) is 0. The maximum absolute atomic E-state index is 11.3. The Morgan fingerprint density at radius 2 is 2.24 bits per heavy atom. The number of nitrogens with one attached hydrogen (secondary N) is 1. The molecule has 1 aliphatic rings. The highest BCUT2D eigenvalue weighted by molar-refractivity contribution is 5.80. The predicted molar refractivity (Wildman–Crippen MR) is 67.2 cm³/mol. The van der Waals surface area contributed by atoms with E-state index in [9.17, 15) is 4.79 Å². The number of amides is 1. The number of nitrogens with zero attached hydrogens (tertiary/aromatic N) is 1. The summed E-state index contributed by atoms with van der Waals surface area (Å²) in [4.78, 5) is 13.6. The van der Waals surface area contributed by atoms with Crippen molar-refractivity contribution in [2.24, 2.45) is 5.84 Å². The van der Waals surface area contributed by atoms with Gasteiger partial charge in [0.15, 0.2) is 0 Å². The maximum Gasteiger partial charge on any atom is 0.263 e. The maximum atomic E-state index is 11.3. The topological polar surface area (TPSA) is 67.6 Å². The number of rotatable bonds is 7. The Labute approximate surface area is 104 Å². The monoisotopic (exact) mass is 243 g/mol. The number of carbonyl (C=O) groups is 1. The molecule has 1 rings (SSSR count). The molecular formula is C12H25N3O2. The van der Waals surface area contributed by atoms with Crippen molar-refractivity contribution >= 4 is 5.91 Å². The van der Waals surface area contributed by atoms with Gasteiger partial charge in [0.05, 0.1) is 6.10 Å². The molecule has 0 radical (unpaired) electrons. The third-order valence-corrected chi connectivity index (χ3v) is 3.20. The molecule has 2 atom stereocenters. The molecule has 17 heavy (non-hydrogen) atoms. The van der Waals surface area contributed by atoms with Gasteiger partial charge in [-0.25, -0.2) is 5.84 Å². The van der Waals surface area contributed by atoms with Crippen LogP contribution in [0.25, 0.3) is 0 Å². The van der Waals surface area contributed by atoms with Gasteiger partial charge in [-0.3, -0.25) is 10.2 Å². The second kappa shape index (κ2) is 7.63. The van der Waals surface area contributed by atoms with Gasteiger partial charge >= 0.3 is 0 Å². The summed E-state index contributed by atoms with van der Waals surface area (Å²) in [6.07, 6.45) is 5.28. The van der Waals surface area contributed by atoms with Crippen molar-refractivity contribution in [1.82, 2.24) is 10.3 Å². The first kappa shape index (κ1) is 14.4. The molecule has 5 heteroatoms. The number of likely N-dealkylation sites (N-methyl/N-ethyl adjacent to an activating group) is 1. The van der Waals surface area contributed by atoms with E-state index in [0.29, 0.717) is 0 Å². The summed E-state index contributed by atoms with van der Waals surface area (Å²) in [5, 5.41) is 0. The Balaban J connectivity index is 2.18. The molecule has 1 heterocycles. The smallest absolute Gasteiger partial charge is 0.263 e. The molecule has 1 amide bonds. The van der Waals surface area contributed by atoms with E-state index in [1.165, 1.54) is 19.3 Å². The van der Waals surface area contributed by atoms with Crippen LogP contribution in [-0.2, 0) is 9.53 Å². The zero-order valence-corrected chi connectivity index (χ0v) is 10.9. The molecule has 3 N–H and O–H groups in total. The van der Waals surface area contributed by atoms with Gasteiger partial charge < -0.3 is 9.64 Å². The fourth-order valence-corrected chi connectivity index (χ4v) is 2.20. The third-order valence-electron chi connectivity index (χ3n) is 3.20. The summed E-state index contributed by atoms with van der Waals surface area (Å²) in [5.74, 6) is 4.88. The van der Waals surface area contributed by atoms with E-state index < -0.39 is 0 Å². The SMILES string of the molecule is CCCCCN(C)CC1CCC(C(=O)NN)O1. The Morgan fingerprint density at radius 3 is 2.88 bits per heavy atom. The Morgan fingerprint density at radius 1 is 1.47 bits per heavy atom. The standard InChI is InChI=1S/C12H25N3O2/c1-3-4-5-8-15(2)9-10-6-7-11(17-10)12(16)14-13/h10-11H,3-9,13H2,1-2H3,(H,14,16). The number of hydrazine groups is 1. The number of hydrogen-bond acceptors (Lipinski definition) is 4. The van der Waals surface area contributed by atoms with Gasteiger partial charge in [0.1, 0.15) is 6.10 Å². The van der Waals surface area contributed by atoms with Crippen LogP contribution in [-0.4, -0.2) is 43.2 Å². The molecule has 0 spiro atoms. The molecule has 1 saturated heterocycles. The average Bonchev–Trinajstić information content (AvgIpc) is 2.77. The highest BCUT2D eigenvalue weighted by Crippen LogP contribution is 2.20. The van der Waals surface area contributed by atoms with Crippen molar-refractivity contribution in [2.45, 2.75) is 51.2 Å². The normalized spacial score (nSPS) is 24.2. The van der Waals surface area contributed by atoms with Crippen LogP contribution < -0.4 is 11.3 Å². The van der Waals surface area contributed by atoms with Crippen LogP contribution in [0.4, 0.5) is 0 Å². The fourth-order valence-electron chi connectivity index (χ4n) is 2.20. The van der Waals surface area contributed by atoms with Gasteiger partial charge in [-0.05, 0) is 32.9 Å². The van der Waals surface area contributed by atoms with E-state index in [4.69, 9.17) is 10.6 Å². The summed E-state index contributed by atoms with van der Waals surface area (Å²) in [5.41, 5.74) is 2.15. The molecule has 0 aromatic rings. The highest BCUT2D eigenvalue weighted by Gasteiger charge is 2.30. The molecule has 0 aliphatic carbocycles. The second-order valence-electron chi connectivity index (χ2n) is 4.80. The third kappa shape index (κ3) is 5.02. The molecule has 0 bridgehead atoms. The number of hydrogen-bond donors (Lipinski definition) is 2. The van der Waals surface area contributed by atoms with Crippen LogP contribution in [0.2, 0.25) is 0 Å². The summed E-state index contributed by atoms with van der Waals surface area (Å²) < 4.78 is 5.66. The van der Waals surface area contributed by atoms with E-state index in [1.807, 2.05) is 0 Å². The lowest BCUT2D eigenvalue weighted by Crippen LogP contribution is -2.40. The van der Waals surface area contributed by atoms with Crippen molar-refractivity contribution in [3.63, 3.8) is 0 Å². The van der Waals surface area contributed by atoms with Crippen LogP contribution in [0.15, 0.2) is 0 Å². The van der Waals surface area contributed by atoms with E-state index >= 15 is 0 Å². The molecule has 0 aromatic carbocycles. The van der Waals surface area contributed by atoms with Crippen molar-refractivity contribution in [3.05, 3.63) is 0 Å². The van der Waals surface area contributed by atoms with Crippen molar-refractivity contribution in [3.8, 4) is 0 Å². The number of nitrogens with two attached hydrogens (primary N) is 1. The first-order chi connectivity index (χ1) is 8.17. The predicted octanol–water partition coefficient (Wildman–Crippen LogP) is 0.646. The zero-order chi connectivity index (χ0) is 12.7. The lowest BCUT2D eigenvalue weighted by Gasteiger charge is -2.21. The second-order valence-corrected chi connectivity index (χ2v) is 4.80. The number of ether oxygens (including phenoxy) is 1. The van der Waals surface area contributed by atoms with Gasteiger partial charge in [0.2, 0.25) is 0 Å². The van der Waals surface area contributed by atoms with Crippen LogP contribution in [0, 0.1) is 0 Å². The van der Waals surface area contributed by atoms with Gasteiger partial charge in [-0.2, -0.15) is 0 Å². The fraction of sp³-hybridized carbons (Fsp3) is 0.917. The van der Waals surface area contributed by atoms with Crippen LogP contribution in [0.1, 0.15) is 39.0 Å². The molecule has 1 fully saturated rings. The Kier molecular flexibility index (Phi) is 6.47. The molecule has 100 valence electrons. The lowest BCUT2D eigenvalue weighted by molar-refractivity contribution is -0.132. The van der Waals surface area contributed by atoms with Gasteiger partial charge in [-0.15, -0.1) is 0 Å². The van der Waals surface area contributed by atoms with Gasteiger partial charge in [0.25, 0.3) is 5.91 Å².